The van der Waals surface area contributed by atoms with Crippen molar-refractivity contribution in [2.24, 2.45) is 0 Å². The van der Waals surface area contributed by atoms with E-state index in [1.54, 1.807) is 11.8 Å². The normalized spacial score (nSPS) is 19.8. The summed E-state index contributed by atoms with van der Waals surface area (Å²) in [5.74, 6) is 0.810. The average Bonchev–Trinajstić information content (AvgIpc) is 2.14. The Balaban J connectivity index is 1.91. The van der Waals surface area contributed by atoms with E-state index in [1.165, 1.54) is 0 Å². The van der Waals surface area contributed by atoms with Crippen LogP contribution in [0.25, 0.3) is 0 Å². The lowest BCUT2D eigenvalue weighted by atomic mass is 10.4. The molecule has 0 bridgehead atoms. The molecule has 1 fully saturated rings. The lowest BCUT2D eigenvalue weighted by Gasteiger charge is -2.26. The standard InChI is InChI=1S/C8H17NO2S/c1-12-8-11-7-4-9-2-5-10-6-3-9/h2-8H2,1H3. The van der Waals surface area contributed by atoms with Crippen molar-refractivity contribution in [3.8, 4) is 0 Å². The monoisotopic (exact) mass is 191 g/mol. The van der Waals surface area contributed by atoms with Crippen molar-refractivity contribution in [3.05, 3.63) is 0 Å². The van der Waals surface area contributed by atoms with Gasteiger partial charge >= 0.3 is 0 Å². The van der Waals surface area contributed by atoms with Crippen molar-refractivity contribution in [1.82, 2.24) is 4.90 Å². The second kappa shape index (κ2) is 6.71. The van der Waals surface area contributed by atoms with Gasteiger partial charge in [-0.3, -0.25) is 4.90 Å². The first-order valence-corrected chi connectivity index (χ1v) is 5.69. The van der Waals surface area contributed by atoms with Gasteiger partial charge < -0.3 is 9.47 Å². The number of ether oxygens (including phenoxy) is 2. The molecule has 0 N–H and O–H groups in total. The third-order valence-electron chi connectivity index (χ3n) is 1.86. The minimum absolute atomic E-state index is 0.810. The van der Waals surface area contributed by atoms with E-state index in [9.17, 15) is 0 Å². The molecule has 0 aromatic carbocycles. The van der Waals surface area contributed by atoms with E-state index >= 15 is 0 Å². The highest BCUT2D eigenvalue weighted by Gasteiger charge is 2.08. The van der Waals surface area contributed by atoms with E-state index < -0.39 is 0 Å². The smallest absolute Gasteiger partial charge is 0.0918 e. The Morgan fingerprint density at radius 1 is 1.42 bits per heavy atom. The van der Waals surface area contributed by atoms with Gasteiger partial charge in [0, 0.05) is 19.6 Å². The molecule has 0 spiro atoms. The van der Waals surface area contributed by atoms with Gasteiger partial charge in [0.15, 0.2) is 0 Å². The van der Waals surface area contributed by atoms with E-state index in [0.717, 1.165) is 45.4 Å². The predicted octanol–water partition coefficient (Wildman–Crippen LogP) is 0.656. The maximum Gasteiger partial charge on any atom is 0.0918 e. The van der Waals surface area contributed by atoms with Gasteiger partial charge in [-0.2, -0.15) is 0 Å². The van der Waals surface area contributed by atoms with E-state index in [2.05, 4.69) is 11.2 Å². The van der Waals surface area contributed by atoms with Crippen LogP contribution >= 0.6 is 11.8 Å². The summed E-state index contributed by atoms with van der Waals surface area (Å²) in [4.78, 5) is 2.38. The molecule has 0 saturated carbocycles. The summed E-state index contributed by atoms with van der Waals surface area (Å²) in [6, 6.07) is 0. The zero-order valence-corrected chi connectivity index (χ0v) is 8.44. The van der Waals surface area contributed by atoms with Crippen LogP contribution in [0.4, 0.5) is 0 Å². The Kier molecular flexibility index (Phi) is 5.77. The van der Waals surface area contributed by atoms with Crippen molar-refractivity contribution in [2.45, 2.75) is 0 Å². The van der Waals surface area contributed by atoms with Gasteiger partial charge in [-0.1, -0.05) is 0 Å². The molecule has 1 heterocycles. The number of nitrogens with zero attached hydrogens (tertiary/aromatic N) is 1. The maximum atomic E-state index is 5.37. The van der Waals surface area contributed by atoms with Gasteiger partial charge in [0.2, 0.25) is 0 Å². The van der Waals surface area contributed by atoms with Crippen molar-refractivity contribution < 1.29 is 9.47 Å². The number of hydrogen-bond acceptors (Lipinski definition) is 4. The summed E-state index contributed by atoms with van der Waals surface area (Å²) in [5.41, 5.74) is 0. The second-order valence-corrected chi connectivity index (χ2v) is 3.58. The molecule has 1 rings (SSSR count). The molecular weight excluding hydrogens is 174 g/mol. The summed E-state index contributed by atoms with van der Waals surface area (Å²) in [6.45, 7) is 5.76. The fourth-order valence-electron chi connectivity index (χ4n) is 1.16. The van der Waals surface area contributed by atoms with Crippen molar-refractivity contribution >= 4 is 11.8 Å². The first-order valence-electron chi connectivity index (χ1n) is 4.30. The molecule has 0 amide bonds. The number of hydrogen-bond donors (Lipinski definition) is 0. The van der Waals surface area contributed by atoms with E-state index in [4.69, 9.17) is 9.47 Å². The molecule has 1 saturated heterocycles. The second-order valence-electron chi connectivity index (χ2n) is 2.77. The van der Waals surface area contributed by atoms with Crippen molar-refractivity contribution in [1.29, 1.82) is 0 Å². The van der Waals surface area contributed by atoms with Crippen molar-refractivity contribution in [2.75, 3.05) is 51.6 Å². The number of morpholine rings is 1. The Labute approximate surface area is 78.4 Å². The van der Waals surface area contributed by atoms with Crippen molar-refractivity contribution in [3.63, 3.8) is 0 Å². The van der Waals surface area contributed by atoms with Gasteiger partial charge in [0.1, 0.15) is 0 Å². The van der Waals surface area contributed by atoms with Gasteiger partial charge in [0.25, 0.3) is 0 Å². The largest absolute Gasteiger partial charge is 0.379 e. The molecule has 0 atom stereocenters. The van der Waals surface area contributed by atoms with Gasteiger partial charge in [0.05, 0.1) is 25.8 Å². The Bertz CT molecular complexity index is 107. The highest BCUT2D eigenvalue weighted by molar-refractivity contribution is 7.98. The number of thioether (sulfide) groups is 1. The van der Waals surface area contributed by atoms with Crippen LogP contribution in [0, 0.1) is 0 Å². The Morgan fingerprint density at radius 2 is 2.17 bits per heavy atom. The van der Waals surface area contributed by atoms with Crippen LogP contribution in [0.5, 0.6) is 0 Å². The van der Waals surface area contributed by atoms with Gasteiger partial charge in [-0.15, -0.1) is 11.8 Å². The van der Waals surface area contributed by atoms with Gasteiger partial charge in [-0.05, 0) is 6.26 Å². The first kappa shape index (κ1) is 10.3. The molecule has 4 heteroatoms. The van der Waals surface area contributed by atoms with E-state index in [1.807, 2.05) is 0 Å². The fraction of sp³-hybridized carbons (Fsp3) is 1.00. The zero-order valence-electron chi connectivity index (χ0n) is 7.62. The lowest BCUT2D eigenvalue weighted by Crippen LogP contribution is -2.38. The summed E-state index contributed by atoms with van der Waals surface area (Å²) in [6.07, 6.45) is 2.05. The van der Waals surface area contributed by atoms with Gasteiger partial charge in [-0.25, -0.2) is 0 Å². The molecule has 1 aliphatic heterocycles. The molecular formula is C8H17NO2S. The van der Waals surface area contributed by atoms with Crippen LogP contribution in [0.1, 0.15) is 0 Å². The summed E-state index contributed by atoms with van der Waals surface area (Å²) in [7, 11) is 0. The van der Waals surface area contributed by atoms with Crippen LogP contribution < -0.4 is 0 Å². The third kappa shape index (κ3) is 4.30. The molecule has 1 aliphatic rings. The quantitative estimate of drug-likeness (QED) is 0.470. The molecule has 72 valence electrons. The lowest BCUT2D eigenvalue weighted by molar-refractivity contribution is 0.0251. The minimum atomic E-state index is 0.810. The molecule has 0 aromatic heterocycles. The first-order chi connectivity index (χ1) is 5.93. The highest BCUT2D eigenvalue weighted by Crippen LogP contribution is 1.97. The highest BCUT2D eigenvalue weighted by atomic mass is 32.2. The Hall–Kier alpha value is 0.230. The number of rotatable bonds is 5. The molecule has 0 aliphatic carbocycles. The van der Waals surface area contributed by atoms with Crippen LogP contribution in [0.2, 0.25) is 0 Å². The topological polar surface area (TPSA) is 21.7 Å². The molecule has 3 nitrogen and oxygen atoms in total. The maximum absolute atomic E-state index is 5.37. The summed E-state index contributed by atoms with van der Waals surface area (Å²) >= 11 is 1.72. The molecule has 0 aromatic rings. The summed E-state index contributed by atoms with van der Waals surface area (Å²) < 4.78 is 10.6. The van der Waals surface area contributed by atoms with Crippen LogP contribution in [0.3, 0.4) is 0 Å². The SMILES string of the molecule is CSCOCCN1CCOCC1. The predicted molar refractivity (Wildman–Crippen MR) is 51.6 cm³/mol. The van der Waals surface area contributed by atoms with E-state index in [-0.39, 0.29) is 0 Å². The van der Waals surface area contributed by atoms with Crippen LogP contribution in [0.15, 0.2) is 0 Å². The Morgan fingerprint density at radius 3 is 2.83 bits per heavy atom. The van der Waals surface area contributed by atoms with Crippen LogP contribution in [-0.2, 0) is 9.47 Å². The molecule has 0 unspecified atom stereocenters. The van der Waals surface area contributed by atoms with E-state index in [0.29, 0.717) is 0 Å². The molecule has 12 heavy (non-hydrogen) atoms. The zero-order chi connectivity index (χ0) is 8.65. The minimum Gasteiger partial charge on any atom is -0.379 e. The average molecular weight is 191 g/mol. The fourth-order valence-corrected chi connectivity index (χ4v) is 1.45. The molecule has 0 radical (unpaired) electrons. The van der Waals surface area contributed by atoms with Crippen LogP contribution in [-0.4, -0.2) is 56.5 Å². The summed E-state index contributed by atoms with van der Waals surface area (Å²) in [5, 5.41) is 0. The third-order valence-corrected chi connectivity index (χ3v) is 2.26.